The average molecular weight is 561 g/mol. The summed E-state index contributed by atoms with van der Waals surface area (Å²) in [6.45, 7) is 1.86. The van der Waals surface area contributed by atoms with Gasteiger partial charge in [0.15, 0.2) is 24.0 Å². The molecule has 1 nitrogen and oxygen atoms in total. The number of allylic oxidation sites excluding steroid dienone is 1. The summed E-state index contributed by atoms with van der Waals surface area (Å²) in [7, 11) is 0. The molecule has 0 saturated carbocycles. The maximum absolute atomic E-state index is 15.2. The molecule has 0 aromatic heterocycles. The number of fused-ring (bicyclic) bond motifs is 1. The molecule has 0 bridgehead atoms. The van der Waals surface area contributed by atoms with Crippen LogP contribution in [0.3, 0.4) is 0 Å². The molecule has 0 aliphatic carbocycles. The Hall–Kier alpha value is -3.81. The van der Waals surface area contributed by atoms with Crippen molar-refractivity contribution >= 4 is 10.8 Å². The van der Waals surface area contributed by atoms with E-state index in [0.717, 1.165) is 36.1 Å². The van der Waals surface area contributed by atoms with Gasteiger partial charge in [-0.1, -0.05) is 48.5 Å². The standard InChI is InChI=1S/C32H27F7O/c1-2-3-4-20-5-9-23(27(33)16-20)10-6-21-8-14-26-25(15-21)13-12-24(30(26)36)11-7-22-17-28(34)31(29(35)18-22)40-19-32(37,38)39/h2,5,8-9,12-18H,1,3-4,6-7,10-11,19H2. The predicted molar refractivity (Wildman–Crippen MR) is 142 cm³/mol. The van der Waals surface area contributed by atoms with Crippen molar-refractivity contribution in [1.29, 1.82) is 0 Å². The van der Waals surface area contributed by atoms with Gasteiger partial charge in [-0.25, -0.2) is 17.6 Å². The van der Waals surface area contributed by atoms with Crippen molar-refractivity contribution in [3.05, 3.63) is 124 Å². The molecule has 0 fully saturated rings. The van der Waals surface area contributed by atoms with Gasteiger partial charge in [0.2, 0.25) is 0 Å². The van der Waals surface area contributed by atoms with Gasteiger partial charge in [-0.15, -0.1) is 6.58 Å². The first kappa shape index (κ1) is 29.2. The van der Waals surface area contributed by atoms with Gasteiger partial charge in [-0.05, 0) is 89.9 Å². The Morgan fingerprint density at radius 3 is 1.93 bits per heavy atom. The number of ether oxygens (including phenoxy) is 1. The molecule has 210 valence electrons. The number of hydrogen-bond donors (Lipinski definition) is 0. The maximum atomic E-state index is 15.2. The van der Waals surface area contributed by atoms with Crippen LogP contribution in [0.4, 0.5) is 30.7 Å². The molecule has 0 unspecified atom stereocenters. The highest BCUT2D eigenvalue weighted by molar-refractivity contribution is 5.84. The van der Waals surface area contributed by atoms with Crippen LogP contribution in [-0.2, 0) is 32.1 Å². The van der Waals surface area contributed by atoms with Crippen LogP contribution < -0.4 is 4.74 Å². The third kappa shape index (κ3) is 7.43. The van der Waals surface area contributed by atoms with Crippen molar-refractivity contribution < 1.29 is 35.5 Å². The first-order chi connectivity index (χ1) is 19.0. The molecule has 0 heterocycles. The Balaban J connectivity index is 1.41. The smallest absolute Gasteiger partial charge is 0.422 e. The number of halogens is 7. The van der Waals surface area contributed by atoms with E-state index in [1.807, 2.05) is 12.1 Å². The summed E-state index contributed by atoms with van der Waals surface area (Å²) in [5.74, 6) is -4.32. The van der Waals surface area contributed by atoms with Crippen molar-refractivity contribution in [2.45, 2.75) is 44.7 Å². The van der Waals surface area contributed by atoms with E-state index in [-0.39, 0.29) is 24.2 Å². The van der Waals surface area contributed by atoms with E-state index in [4.69, 9.17) is 0 Å². The second-order valence-corrected chi connectivity index (χ2v) is 9.64. The maximum Gasteiger partial charge on any atom is 0.422 e. The van der Waals surface area contributed by atoms with Gasteiger partial charge >= 0.3 is 6.18 Å². The Bertz CT molecular complexity index is 1480. The third-order valence-electron chi connectivity index (χ3n) is 6.66. The highest BCUT2D eigenvalue weighted by atomic mass is 19.4. The molecular formula is C32H27F7O. The quantitative estimate of drug-likeness (QED) is 0.131. The summed E-state index contributed by atoms with van der Waals surface area (Å²) < 4.78 is 99.2. The molecule has 8 heteroatoms. The van der Waals surface area contributed by atoms with E-state index < -0.39 is 36.0 Å². The summed E-state index contributed by atoms with van der Waals surface area (Å²) in [5.41, 5.74) is 2.94. The number of hydrogen-bond acceptors (Lipinski definition) is 1. The van der Waals surface area contributed by atoms with Gasteiger partial charge in [0.25, 0.3) is 0 Å². The van der Waals surface area contributed by atoms with Crippen molar-refractivity contribution in [3.8, 4) is 5.75 Å². The summed E-state index contributed by atoms with van der Waals surface area (Å²) >= 11 is 0. The lowest BCUT2D eigenvalue weighted by atomic mass is 9.97. The summed E-state index contributed by atoms with van der Waals surface area (Å²) in [5, 5.41) is 1.05. The Morgan fingerprint density at radius 2 is 1.25 bits per heavy atom. The molecule has 0 amide bonds. The van der Waals surface area contributed by atoms with Crippen molar-refractivity contribution in [2.75, 3.05) is 6.61 Å². The molecule has 4 aromatic carbocycles. The molecule has 40 heavy (non-hydrogen) atoms. The Morgan fingerprint density at radius 1 is 0.650 bits per heavy atom. The zero-order chi connectivity index (χ0) is 28.9. The highest BCUT2D eigenvalue weighted by Crippen LogP contribution is 2.28. The van der Waals surface area contributed by atoms with Crippen LogP contribution in [0.5, 0.6) is 5.75 Å². The molecule has 0 saturated heterocycles. The minimum absolute atomic E-state index is 0.0614. The van der Waals surface area contributed by atoms with Gasteiger partial charge in [0.1, 0.15) is 11.6 Å². The molecule has 4 aromatic rings. The molecule has 0 N–H and O–H groups in total. The van der Waals surface area contributed by atoms with E-state index in [1.54, 1.807) is 42.5 Å². The fourth-order valence-electron chi connectivity index (χ4n) is 4.56. The zero-order valence-corrected chi connectivity index (χ0v) is 21.6. The molecule has 0 atom stereocenters. The first-order valence-corrected chi connectivity index (χ1v) is 12.8. The van der Waals surface area contributed by atoms with Gasteiger partial charge in [-0.3, -0.25) is 0 Å². The molecular weight excluding hydrogens is 533 g/mol. The van der Waals surface area contributed by atoms with E-state index >= 15 is 4.39 Å². The summed E-state index contributed by atoms with van der Waals surface area (Å²) in [6, 6.07) is 15.7. The predicted octanol–water partition coefficient (Wildman–Crippen LogP) is 9.03. The highest BCUT2D eigenvalue weighted by Gasteiger charge is 2.30. The summed E-state index contributed by atoms with van der Waals surface area (Å²) in [4.78, 5) is 0. The molecule has 0 aliphatic rings. The average Bonchev–Trinajstić information content (AvgIpc) is 2.90. The number of alkyl halides is 3. The lowest BCUT2D eigenvalue weighted by Crippen LogP contribution is -2.20. The monoisotopic (exact) mass is 560 g/mol. The van der Waals surface area contributed by atoms with E-state index in [1.165, 1.54) is 0 Å². The van der Waals surface area contributed by atoms with Crippen LogP contribution in [0.1, 0.15) is 34.2 Å². The normalized spacial score (nSPS) is 11.7. The topological polar surface area (TPSA) is 9.23 Å². The third-order valence-corrected chi connectivity index (χ3v) is 6.66. The van der Waals surface area contributed by atoms with Gasteiger partial charge in [0.05, 0.1) is 0 Å². The minimum Gasteiger partial charge on any atom is -0.478 e. The van der Waals surface area contributed by atoms with Crippen LogP contribution in [0.15, 0.2) is 73.3 Å². The number of aryl methyl sites for hydroxylation is 5. The number of benzene rings is 4. The van der Waals surface area contributed by atoms with Crippen molar-refractivity contribution in [2.24, 2.45) is 0 Å². The van der Waals surface area contributed by atoms with Crippen molar-refractivity contribution in [3.63, 3.8) is 0 Å². The Kier molecular flexibility index (Phi) is 9.17. The van der Waals surface area contributed by atoms with E-state index in [9.17, 15) is 26.3 Å². The SMILES string of the molecule is C=CCCc1ccc(CCc2ccc3c(F)c(CCc4cc(F)c(OCC(F)(F)F)c(F)c4)ccc3c2)c(F)c1. The first-order valence-electron chi connectivity index (χ1n) is 12.8. The Labute approximate surface area is 227 Å². The van der Waals surface area contributed by atoms with Crippen LogP contribution in [0.2, 0.25) is 0 Å². The zero-order valence-electron chi connectivity index (χ0n) is 21.6. The number of rotatable bonds is 11. The second-order valence-electron chi connectivity index (χ2n) is 9.64. The molecule has 0 aliphatic heterocycles. The lowest BCUT2D eigenvalue weighted by Gasteiger charge is -2.12. The second kappa shape index (κ2) is 12.6. The van der Waals surface area contributed by atoms with Crippen LogP contribution in [0.25, 0.3) is 10.8 Å². The van der Waals surface area contributed by atoms with Crippen LogP contribution >= 0.6 is 0 Å². The van der Waals surface area contributed by atoms with Crippen LogP contribution in [-0.4, -0.2) is 12.8 Å². The lowest BCUT2D eigenvalue weighted by molar-refractivity contribution is -0.154. The summed E-state index contributed by atoms with van der Waals surface area (Å²) in [6.07, 6.45) is -0.182. The molecule has 4 rings (SSSR count). The van der Waals surface area contributed by atoms with Gasteiger partial charge in [-0.2, -0.15) is 13.2 Å². The van der Waals surface area contributed by atoms with E-state index in [0.29, 0.717) is 34.7 Å². The van der Waals surface area contributed by atoms with Crippen molar-refractivity contribution in [1.82, 2.24) is 0 Å². The fraction of sp³-hybridized carbons (Fsp3) is 0.250. The fourth-order valence-corrected chi connectivity index (χ4v) is 4.56. The van der Waals surface area contributed by atoms with Gasteiger partial charge < -0.3 is 4.74 Å². The molecule has 0 radical (unpaired) electrons. The van der Waals surface area contributed by atoms with E-state index in [2.05, 4.69) is 11.3 Å². The minimum atomic E-state index is -4.73. The largest absolute Gasteiger partial charge is 0.478 e. The molecule has 0 spiro atoms. The van der Waals surface area contributed by atoms with Crippen LogP contribution in [0, 0.1) is 23.3 Å². The van der Waals surface area contributed by atoms with Gasteiger partial charge in [0, 0.05) is 5.39 Å².